The zero-order valence-electron chi connectivity index (χ0n) is 20.3. The van der Waals surface area contributed by atoms with Crippen LogP contribution in [0.3, 0.4) is 0 Å². The molecule has 0 aromatic heterocycles. The maximum absolute atomic E-state index is 12.0. The number of benzene rings is 1. The summed E-state index contributed by atoms with van der Waals surface area (Å²) in [5.41, 5.74) is 2.31. The van der Waals surface area contributed by atoms with Crippen LogP contribution in [0.2, 0.25) is 0 Å². The minimum absolute atomic E-state index is 0.0342. The molecule has 0 heterocycles. The third-order valence-electron chi connectivity index (χ3n) is 7.46. The molecule has 0 amide bonds. The Labute approximate surface area is 202 Å². The lowest BCUT2D eigenvalue weighted by Gasteiger charge is -2.32. The number of rotatable bonds is 14. The van der Waals surface area contributed by atoms with Crippen molar-refractivity contribution in [2.45, 2.75) is 89.8 Å². The van der Waals surface area contributed by atoms with Gasteiger partial charge in [0.25, 0.3) is 0 Å². The van der Waals surface area contributed by atoms with Crippen molar-refractivity contribution in [1.29, 1.82) is 0 Å². The average molecular weight is 477 g/mol. The van der Waals surface area contributed by atoms with Gasteiger partial charge in [-0.05, 0) is 79.9 Å². The molecule has 2 aliphatic rings. The number of hydrogen-bond acceptors (Lipinski definition) is 6. The van der Waals surface area contributed by atoms with Crippen LogP contribution in [-0.2, 0) is 27.2 Å². The van der Waals surface area contributed by atoms with E-state index in [-0.39, 0.29) is 44.2 Å². The SMILES string of the molecule is CCCCC[C@H](O)CC[C@@H]1[C@H]2Cc3cccc(OCC(=O)OCCCC(=O)O)c3C[C@H]2C[C@H]1O. The molecule has 7 heteroatoms. The third kappa shape index (κ3) is 7.44. The van der Waals surface area contributed by atoms with Gasteiger partial charge in [0.2, 0.25) is 0 Å². The van der Waals surface area contributed by atoms with Gasteiger partial charge in [-0.15, -0.1) is 0 Å². The summed E-state index contributed by atoms with van der Waals surface area (Å²) in [7, 11) is 0. The van der Waals surface area contributed by atoms with E-state index in [0.29, 0.717) is 17.6 Å². The topological polar surface area (TPSA) is 113 Å². The minimum atomic E-state index is -0.913. The number of unbranched alkanes of at least 4 members (excludes halogenated alkanes) is 2. The van der Waals surface area contributed by atoms with Crippen LogP contribution < -0.4 is 4.74 Å². The first kappa shape index (κ1) is 26.5. The van der Waals surface area contributed by atoms with Crippen LogP contribution in [0.1, 0.15) is 75.8 Å². The lowest BCUT2D eigenvalue weighted by Crippen LogP contribution is -2.28. The Kier molecular flexibility index (Phi) is 10.2. The molecule has 1 saturated carbocycles. The largest absolute Gasteiger partial charge is 0.482 e. The van der Waals surface area contributed by atoms with E-state index >= 15 is 0 Å². The Morgan fingerprint density at radius 3 is 2.74 bits per heavy atom. The molecule has 0 radical (unpaired) electrons. The monoisotopic (exact) mass is 476 g/mol. The normalized spacial score (nSPS) is 24.2. The summed E-state index contributed by atoms with van der Waals surface area (Å²) in [6.07, 6.45) is 7.90. The summed E-state index contributed by atoms with van der Waals surface area (Å²) in [5.74, 6) is 0.249. The number of aliphatic hydroxyl groups excluding tert-OH is 2. The maximum atomic E-state index is 12.0. The van der Waals surface area contributed by atoms with Gasteiger partial charge in [0, 0.05) is 6.42 Å². The van der Waals surface area contributed by atoms with E-state index in [1.54, 1.807) is 0 Å². The molecule has 2 aliphatic carbocycles. The highest BCUT2D eigenvalue weighted by Crippen LogP contribution is 2.48. The maximum Gasteiger partial charge on any atom is 0.344 e. The molecule has 3 N–H and O–H groups in total. The number of fused-ring (bicyclic) bond motifs is 2. The first-order valence-electron chi connectivity index (χ1n) is 12.9. The lowest BCUT2D eigenvalue weighted by atomic mass is 9.73. The second-order valence-electron chi connectivity index (χ2n) is 9.93. The fourth-order valence-corrected chi connectivity index (χ4v) is 5.69. The van der Waals surface area contributed by atoms with Crippen molar-refractivity contribution in [2.24, 2.45) is 17.8 Å². The summed E-state index contributed by atoms with van der Waals surface area (Å²) < 4.78 is 10.8. The first-order valence-corrected chi connectivity index (χ1v) is 12.9. The van der Waals surface area contributed by atoms with Crippen LogP contribution in [0.4, 0.5) is 0 Å². The molecule has 0 unspecified atom stereocenters. The number of ether oxygens (including phenoxy) is 2. The molecule has 34 heavy (non-hydrogen) atoms. The standard InChI is InChI=1S/C27H40O7/c1-2-3-4-8-20(28)11-12-21-22-14-18-7-5-9-25(23(18)15-19(22)16-24(21)29)34-17-27(32)33-13-6-10-26(30)31/h5,7,9,19-22,24,28-29H,2-4,6,8,10-17H2,1H3,(H,30,31)/t19-,20-,21+,22-,24+/m0/s1. The van der Waals surface area contributed by atoms with Crippen molar-refractivity contribution in [2.75, 3.05) is 13.2 Å². The summed E-state index contributed by atoms with van der Waals surface area (Å²) in [4.78, 5) is 22.5. The summed E-state index contributed by atoms with van der Waals surface area (Å²) >= 11 is 0. The van der Waals surface area contributed by atoms with Gasteiger partial charge in [-0.1, -0.05) is 38.3 Å². The predicted molar refractivity (Wildman–Crippen MR) is 128 cm³/mol. The minimum Gasteiger partial charge on any atom is -0.482 e. The highest BCUT2D eigenvalue weighted by molar-refractivity contribution is 5.71. The van der Waals surface area contributed by atoms with Crippen LogP contribution in [0.15, 0.2) is 18.2 Å². The van der Waals surface area contributed by atoms with Crippen molar-refractivity contribution in [3.63, 3.8) is 0 Å². The van der Waals surface area contributed by atoms with E-state index in [1.807, 2.05) is 12.1 Å². The predicted octanol–water partition coefficient (Wildman–Crippen LogP) is 3.91. The Morgan fingerprint density at radius 1 is 1.15 bits per heavy atom. The number of esters is 1. The quantitative estimate of drug-likeness (QED) is 0.276. The fourth-order valence-electron chi connectivity index (χ4n) is 5.69. The van der Waals surface area contributed by atoms with Gasteiger partial charge in [0.05, 0.1) is 18.8 Å². The average Bonchev–Trinajstić information content (AvgIpc) is 3.11. The van der Waals surface area contributed by atoms with E-state index in [4.69, 9.17) is 14.6 Å². The van der Waals surface area contributed by atoms with Gasteiger partial charge in [-0.2, -0.15) is 0 Å². The molecule has 0 aliphatic heterocycles. The highest BCUT2D eigenvalue weighted by Gasteiger charge is 2.44. The van der Waals surface area contributed by atoms with E-state index in [9.17, 15) is 19.8 Å². The highest BCUT2D eigenvalue weighted by atomic mass is 16.6. The van der Waals surface area contributed by atoms with Crippen LogP contribution in [0.5, 0.6) is 5.75 Å². The number of carbonyl (C=O) groups excluding carboxylic acids is 1. The number of carbonyl (C=O) groups is 2. The Morgan fingerprint density at radius 2 is 1.97 bits per heavy atom. The van der Waals surface area contributed by atoms with Crippen molar-refractivity contribution in [1.82, 2.24) is 0 Å². The van der Waals surface area contributed by atoms with E-state index in [2.05, 4.69) is 13.0 Å². The van der Waals surface area contributed by atoms with Crippen molar-refractivity contribution in [3.8, 4) is 5.75 Å². The van der Waals surface area contributed by atoms with Gasteiger partial charge in [-0.3, -0.25) is 4.79 Å². The van der Waals surface area contributed by atoms with Gasteiger partial charge < -0.3 is 24.8 Å². The van der Waals surface area contributed by atoms with E-state index < -0.39 is 11.9 Å². The molecular weight excluding hydrogens is 436 g/mol. The molecule has 3 rings (SSSR count). The smallest absolute Gasteiger partial charge is 0.344 e. The molecule has 7 nitrogen and oxygen atoms in total. The van der Waals surface area contributed by atoms with Gasteiger partial charge in [-0.25, -0.2) is 4.79 Å². The van der Waals surface area contributed by atoms with E-state index in [1.165, 1.54) is 5.56 Å². The second-order valence-corrected chi connectivity index (χ2v) is 9.93. The molecule has 1 aromatic carbocycles. The van der Waals surface area contributed by atoms with Crippen LogP contribution >= 0.6 is 0 Å². The summed E-state index contributed by atoms with van der Waals surface area (Å²) in [5, 5.41) is 29.8. The Bertz CT molecular complexity index is 808. The molecule has 0 saturated heterocycles. The molecule has 190 valence electrons. The number of aliphatic carboxylic acids is 1. The van der Waals surface area contributed by atoms with Gasteiger partial charge in [0.15, 0.2) is 6.61 Å². The number of carboxylic acids is 1. The number of hydrogen-bond donors (Lipinski definition) is 3. The molecule has 0 spiro atoms. The molecular formula is C27H40O7. The first-order chi connectivity index (χ1) is 16.4. The molecule has 1 aromatic rings. The third-order valence-corrected chi connectivity index (χ3v) is 7.46. The molecule has 1 fully saturated rings. The van der Waals surface area contributed by atoms with Gasteiger partial charge >= 0.3 is 11.9 Å². The van der Waals surface area contributed by atoms with E-state index in [0.717, 1.165) is 63.4 Å². The summed E-state index contributed by atoms with van der Waals surface area (Å²) in [6.45, 7) is 2.02. The second kappa shape index (κ2) is 13.1. The zero-order chi connectivity index (χ0) is 24.5. The summed E-state index contributed by atoms with van der Waals surface area (Å²) in [6, 6.07) is 5.90. The number of aliphatic hydroxyl groups is 2. The van der Waals surface area contributed by atoms with Crippen LogP contribution in [-0.4, -0.2) is 52.7 Å². The van der Waals surface area contributed by atoms with Crippen molar-refractivity contribution in [3.05, 3.63) is 29.3 Å². The Hall–Kier alpha value is -2.12. The fraction of sp³-hybridized carbons (Fsp3) is 0.704. The molecule has 5 atom stereocenters. The Balaban J connectivity index is 1.53. The number of carboxylic acid groups (broad SMARTS) is 1. The molecule has 0 bridgehead atoms. The van der Waals surface area contributed by atoms with Crippen LogP contribution in [0, 0.1) is 17.8 Å². The van der Waals surface area contributed by atoms with Crippen molar-refractivity contribution < 1.29 is 34.4 Å². The van der Waals surface area contributed by atoms with Crippen molar-refractivity contribution >= 4 is 11.9 Å². The van der Waals surface area contributed by atoms with Crippen LogP contribution in [0.25, 0.3) is 0 Å². The van der Waals surface area contributed by atoms with Gasteiger partial charge in [0.1, 0.15) is 5.75 Å². The lowest BCUT2D eigenvalue weighted by molar-refractivity contribution is -0.147. The zero-order valence-corrected chi connectivity index (χ0v) is 20.3.